The molecule has 0 spiro atoms. The highest BCUT2D eigenvalue weighted by molar-refractivity contribution is 5.92. The zero-order valence-corrected chi connectivity index (χ0v) is 15.6. The minimum atomic E-state index is 0.354. The Morgan fingerprint density at radius 3 is 2.67 bits per heavy atom. The molecule has 1 fully saturated rings. The summed E-state index contributed by atoms with van der Waals surface area (Å²) in [5.41, 5.74) is 4.80. The third-order valence-corrected chi connectivity index (χ3v) is 5.26. The number of pyridine rings is 2. The summed E-state index contributed by atoms with van der Waals surface area (Å²) in [4.78, 5) is 12.1. The van der Waals surface area contributed by atoms with Crippen molar-refractivity contribution in [1.29, 1.82) is 0 Å². The summed E-state index contributed by atoms with van der Waals surface area (Å²) in [6, 6.07) is 6.43. The molecular weight excluding hydrogens is 340 g/mol. The van der Waals surface area contributed by atoms with Gasteiger partial charge in [-0.1, -0.05) is 13.8 Å². The monoisotopic (exact) mass is 362 g/mol. The molecule has 0 aliphatic carbocycles. The maximum absolute atomic E-state index is 5.32. The fourth-order valence-corrected chi connectivity index (χ4v) is 3.81. The van der Waals surface area contributed by atoms with Crippen LogP contribution in [0.15, 0.2) is 35.2 Å². The molecule has 1 aliphatic rings. The Hall–Kier alpha value is -2.96. The maximum Gasteiger partial charge on any atom is 0.267 e. The summed E-state index contributed by atoms with van der Waals surface area (Å²) in [6.07, 6.45) is 7.06. The van der Waals surface area contributed by atoms with Crippen molar-refractivity contribution in [2.75, 3.05) is 18.0 Å². The van der Waals surface area contributed by atoms with Crippen LogP contribution in [0.1, 0.15) is 44.7 Å². The quantitative estimate of drug-likeness (QED) is 0.547. The van der Waals surface area contributed by atoms with Gasteiger partial charge in [0.2, 0.25) is 6.39 Å². The predicted molar refractivity (Wildman–Crippen MR) is 104 cm³/mol. The average molecular weight is 362 g/mol. The smallest absolute Gasteiger partial charge is 0.267 e. The van der Waals surface area contributed by atoms with Crippen LogP contribution in [0.3, 0.4) is 0 Å². The highest BCUT2D eigenvalue weighted by Crippen LogP contribution is 2.32. The van der Waals surface area contributed by atoms with Gasteiger partial charge in [-0.25, -0.2) is 9.97 Å². The predicted octanol–water partition coefficient (Wildman–Crippen LogP) is 4.05. The van der Waals surface area contributed by atoms with Crippen LogP contribution in [0.4, 0.5) is 5.69 Å². The molecule has 27 heavy (non-hydrogen) atoms. The van der Waals surface area contributed by atoms with Crippen LogP contribution in [-0.4, -0.2) is 37.7 Å². The Morgan fingerprint density at radius 2 is 1.93 bits per heavy atom. The Labute approximate surface area is 157 Å². The lowest BCUT2D eigenvalue weighted by molar-refractivity contribution is 0.567. The molecule has 4 aromatic rings. The minimum absolute atomic E-state index is 0.354. The Bertz CT molecular complexity index is 1090. The van der Waals surface area contributed by atoms with Crippen molar-refractivity contribution in [1.82, 2.24) is 24.6 Å². The molecule has 0 amide bonds. The second kappa shape index (κ2) is 6.33. The van der Waals surface area contributed by atoms with Gasteiger partial charge in [0.25, 0.3) is 5.89 Å². The van der Waals surface area contributed by atoms with Crippen LogP contribution in [0.25, 0.3) is 28.3 Å². The first-order valence-corrected chi connectivity index (χ1v) is 9.55. The standard InChI is InChI=1S/C20H22N6O/c1-13(2)15-10-17(25-8-4-3-5-9-25)14-6-7-18-22-16(20-24-21-12-27-20)11-26(18)19(14)23-15/h6-7,10-13H,3-5,8-9H2,1-2H3. The largest absolute Gasteiger partial charge is 0.422 e. The third kappa shape index (κ3) is 2.74. The number of aromatic nitrogens is 5. The number of anilines is 1. The summed E-state index contributed by atoms with van der Waals surface area (Å²) in [5, 5.41) is 8.89. The molecule has 1 saturated heterocycles. The molecule has 0 N–H and O–H groups in total. The van der Waals surface area contributed by atoms with Gasteiger partial charge in [-0.05, 0) is 43.4 Å². The molecule has 0 bridgehead atoms. The molecule has 0 aromatic carbocycles. The topological polar surface area (TPSA) is 72.4 Å². The van der Waals surface area contributed by atoms with E-state index in [0.717, 1.165) is 35.5 Å². The van der Waals surface area contributed by atoms with Gasteiger partial charge < -0.3 is 9.32 Å². The summed E-state index contributed by atoms with van der Waals surface area (Å²) >= 11 is 0. The van der Waals surface area contributed by atoms with Gasteiger partial charge >= 0.3 is 0 Å². The van der Waals surface area contributed by atoms with Crippen molar-refractivity contribution in [2.24, 2.45) is 0 Å². The van der Waals surface area contributed by atoms with E-state index in [9.17, 15) is 0 Å². The number of hydrogen-bond acceptors (Lipinski definition) is 6. The van der Waals surface area contributed by atoms with Crippen molar-refractivity contribution in [3.05, 3.63) is 36.5 Å². The molecule has 5 heterocycles. The SMILES string of the molecule is CC(C)c1cc(N2CCCCC2)c2ccc3nc(-c4nnco4)cn3c2n1. The Balaban J connectivity index is 1.76. The van der Waals surface area contributed by atoms with Crippen molar-refractivity contribution >= 4 is 22.4 Å². The fraction of sp³-hybridized carbons (Fsp3) is 0.400. The van der Waals surface area contributed by atoms with Crippen LogP contribution >= 0.6 is 0 Å². The highest BCUT2D eigenvalue weighted by atomic mass is 16.4. The van der Waals surface area contributed by atoms with E-state index in [1.165, 1.54) is 31.3 Å². The number of imidazole rings is 1. The van der Waals surface area contributed by atoms with E-state index in [1.54, 1.807) is 0 Å². The summed E-state index contributed by atoms with van der Waals surface area (Å²) in [7, 11) is 0. The van der Waals surface area contributed by atoms with Crippen molar-refractivity contribution in [3.8, 4) is 11.6 Å². The lowest BCUT2D eigenvalue weighted by atomic mass is 10.0. The van der Waals surface area contributed by atoms with E-state index in [2.05, 4.69) is 46.1 Å². The fourth-order valence-electron chi connectivity index (χ4n) is 3.81. The number of fused-ring (bicyclic) bond motifs is 3. The molecule has 0 atom stereocenters. The Morgan fingerprint density at radius 1 is 1.07 bits per heavy atom. The second-order valence-electron chi connectivity index (χ2n) is 7.44. The second-order valence-corrected chi connectivity index (χ2v) is 7.44. The van der Waals surface area contributed by atoms with Crippen LogP contribution < -0.4 is 4.90 Å². The van der Waals surface area contributed by atoms with Gasteiger partial charge in [0.05, 0.1) is 0 Å². The summed E-state index contributed by atoms with van der Waals surface area (Å²) < 4.78 is 7.35. The molecule has 138 valence electrons. The summed E-state index contributed by atoms with van der Waals surface area (Å²) in [5.74, 6) is 0.773. The van der Waals surface area contributed by atoms with E-state index in [1.807, 2.05) is 16.7 Å². The molecular formula is C20H22N6O. The molecule has 5 rings (SSSR count). The van der Waals surface area contributed by atoms with Crippen molar-refractivity contribution in [2.45, 2.75) is 39.0 Å². The van der Waals surface area contributed by atoms with E-state index in [4.69, 9.17) is 9.40 Å². The number of rotatable bonds is 3. The zero-order chi connectivity index (χ0) is 18.4. The van der Waals surface area contributed by atoms with E-state index >= 15 is 0 Å². The van der Waals surface area contributed by atoms with Crippen LogP contribution in [0.2, 0.25) is 0 Å². The van der Waals surface area contributed by atoms with Gasteiger partial charge in [0.1, 0.15) is 17.0 Å². The first-order chi connectivity index (χ1) is 13.2. The van der Waals surface area contributed by atoms with Gasteiger partial charge in [0.15, 0.2) is 0 Å². The molecule has 0 radical (unpaired) electrons. The zero-order valence-electron chi connectivity index (χ0n) is 15.6. The lowest BCUT2D eigenvalue weighted by Crippen LogP contribution is -2.29. The van der Waals surface area contributed by atoms with Gasteiger partial charge in [-0.2, -0.15) is 0 Å². The van der Waals surface area contributed by atoms with Crippen molar-refractivity contribution < 1.29 is 4.42 Å². The average Bonchev–Trinajstić information content (AvgIpc) is 3.37. The number of nitrogens with zero attached hydrogens (tertiary/aromatic N) is 6. The highest BCUT2D eigenvalue weighted by Gasteiger charge is 2.19. The van der Waals surface area contributed by atoms with Crippen LogP contribution in [-0.2, 0) is 0 Å². The van der Waals surface area contributed by atoms with Gasteiger partial charge in [-0.15, -0.1) is 10.2 Å². The Kier molecular flexibility index (Phi) is 3.81. The van der Waals surface area contributed by atoms with Crippen molar-refractivity contribution in [3.63, 3.8) is 0 Å². The van der Waals surface area contributed by atoms with E-state index < -0.39 is 0 Å². The normalized spacial score (nSPS) is 15.3. The molecule has 0 unspecified atom stereocenters. The van der Waals surface area contributed by atoms with Gasteiger partial charge in [0, 0.05) is 36.1 Å². The van der Waals surface area contributed by atoms with Crippen LogP contribution in [0.5, 0.6) is 0 Å². The van der Waals surface area contributed by atoms with Gasteiger partial charge in [-0.3, -0.25) is 4.40 Å². The molecule has 7 heteroatoms. The van der Waals surface area contributed by atoms with Crippen LogP contribution in [0, 0.1) is 0 Å². The first-order valence-electron chi connectivity index (χ1n) is 9.55. The summed E-state index contributed by atoms with van der Waals surface area (Å²) in [6.45, 7) is 6.58. The van der Waals surface area contributed by atoms with E-state index in [-0.39, 0.29) is 0 Å². The first kappa shape index (κ1) is 16.2. The lowest BCUT2D eigenvalue weighted by Gasteiger charge is -2.30. The molecule has 4 aromatic heterocycles. The molecule has 1 aliphatic heterocycles. The minimum Gasteiger partial charge on any atom is -0.422 e. The third-order valence-electron chi connectivity index (χ3n) is 5.26. The number of piperidine rings is 1. The number of hydrogen-bond donors (Lipinski definition) is 0. The maximum atomic E-state index is 5.32. The molecule has 7 nitrogen and oxygen atoms in total. The van der Waals surface area contributed by atoms with E-state index in [0.29, 0.717) is 17.5 Å². The molecule has 0 saturated carbocycles.